The first-order valence-corrected chi connectivity index (χ1v) is 7.20. The molecular formula is C15H22NO5+. The number of quaternary nitrogens is 1. The summed E-state index contributed by atoms with van der Waals surface area (Å²) in [5.74, 6) is -0.959. The summed E-state index contributed by atoms with van der Waals surface area (Å²) in [6.07, 6.45) is 2.85. The van der Waals surface area contributed by atoms with Crippen LogP contribution >= 0.6 is 0 Å². The summed E-state index contributed by atoms with van der Waals surface area (Å²) in [6, 6.07) is 4.89. The molecule has 0 bridgehead atoms. The van der Waals surface area contributed by atoms with Gasteiger partial charge < -0.3 is 20.1 Å². The second-order valence-corrected chi connectivity index (χ2v) is 5.11. The minimum Gasteiger partial charge on any atom is -0.502 e. The highest BCUT2D eigenvalue weighted by Crippen LogP contribution is 2.36. The molecule has 1 aliphatic rings. The van der Waals surface area contributed by atoms with Gasteiger partial charge in [-0.3, -0.25) is 0 Å². The van der Waals surface area contributed by atoms with Crippen molar-refractivity contribution in [1.29, 1.82) is 0 Å². The van der Waals surface area contributed by atoms with Gasteiger partial charge in [-0.2, -0.15) is 0 Å². The average molecular weight is 296 g/mol. The van der Waals surface area contributed by atoms with Gasteiger partial charge in [-0.1, -0.05) is 37.3 Å². The van der Waals surface area contributed by atoms with Crippen LogP contribution in [0, 0.1) is 0 Å². The van der Waals surface area contributed by atoms with E-state index in [2.05, 4.69) is 6.92 Å². The van der Waals surface area contributed by atoms with Crippen LogP contribution in [0.3, 0.4) is 0 Å². The maximum atomic E-state index is 10.1. The van der Waals surface area contributed by atoms with Crippen molar-refractivity contribution in [3.05, 3.63) is 35.4 Å². The van der Waals surface area contributed by atoms with Crippen molar-refractivity contribution in [3.63, 3.8) is 0 Å². The Labute approximate surface area is 123 Å². The second kappa shape index (κ2) is 6.80. The van der Waals surface area contributed by atoms with E-state index >= 15 is 0 Å². The number of nitrogens with one attached hydrogen (secondary N) is 1. The van der Waals surface area contributed by atoms with Crippen LogP contribution in [0.15, 0.2) is 29.8 Å². The predicted octanol–water partition coefficient (Wildman–Crippen LogP) is 1.88. The van der Waals surface area contributed by atoms with Crippen molar-refractivity contribution in [1.82, 2.24) is 0 Å². The number of aliphatic hydroxyl groups is 3. The third kappa shape index (κ3) is 3.12. The lowest BCUT2D eigenvalue weighted by molar-refractivity contribution is -1.01. The molecular weight excluding hydrogens is 274 g/mol. The molecule has 2 unspecified atom stereocenters. The molecule has 0 saturated heterocycles. The fraction of sp³-hybridized carbons (Fsp3) is 0.467. The number of fused-ring (bicyclic) bond motifs is 1. The Morgan fingerprint density at radius 3 is 2.67 bits per heavy atom. The highest BCUT2D eigenvalue weighted by Gasteiger charge is 2.39. The summed E-state index contributed by atoms with van der Waals surface area (Å²) in [4.78, 5) is 0. The van der Waals surface area contributed by atoms with Gasteiger partial charge in [0.15, 0.2) is 11.8 Å². The zero-order valence-electron chi connectivity index (χ0n) is 12.0. The van der Waals surface area contributed by atoms with Gasteiger partial charge in [-0.15, -0.1) is 0 Å². The Bertz CT molecular complexity index is 529. The quantitative estimate of drug-likeness (QED) is 0.517. The minimum atomic E-state index is -1.40. The topological polar surface area (TPSA) is 94.6 Å². The molecule has 0 amide bonds. The first-order valence-electron chi connectivity index (χ1n) is 7.20. The van der Waals surface area contributed by atoms with Gasteiger partial charge in [0, 0.05) is 6.07 Å². The van der Waals surface area contributed by atoms with Crippen molar-refractivity contribution in [2.24, 2.45) is 0 Å². The molecule has 0 radical (unpaired) electrons. The molecule has 21 heavy (non-hydrogen) atoms. The molecule has 2 atom stereocenters. The van der Waals surface area contributed by atoms with Crippen LogP contribution in [0.4, 0.5) is 5.69 Å². The van der Waals surface area contributed by atoms with Crippen LogP contribution in [0.2, 0.25) is 0 Å². The number of benzene rings is 1. The van der Waals surface area contributed by atoms with E-state index in [-0.39, 0.29) is 11.3 Å². The van der Waals surface area contributed by atoms with Gasteiger partial charge in [0.25, 0.3) is 0 Å². The van der Waals surface area contributed by atoms with Gasteiger partial charge in [0.1, 0.15) is 5.75 Å². The lowest BCUT2D eigenvalue weighted by Gasteiger charge is -2.24. The number of ether oxygens (including phenoxy) is 1. The largest absolute Gasteiger partial charge is 0.502 e. The first kappa shape index (κ1) is 15.6. The van der Waals surface area contributed by atoms with E-state index in [1.54, 1.807) is 18.2 Å². The van der Waals surface area contributed by atoms with Crippen LogP contribution in [0.5, 0.6) is 5.75 Å². The minimum absolute atomic E-state index is 0.267. The number of aliphatic hydroxyl groups excluding tert-OH is 3. The summed E-state index contributed by atoms with van der Waals surface area (Å²) < 4.78 is 5.65. The van der Waals surface area contributed by atoms with E-state index in [1.807, 2.05) is 0 Å². The summed E-state index contributed by atoms with van der Waals surface area (Å²) in [6.45, 7) is 2.63. The normalized spacial score (nSPS) is 21.3. The Morgan fingerprint density at radius 2 is 1.95 bits per heavy atom. The average Bonchev–Trinajstić information content (AvgIpc) is 2.50. The van der Waals surface area contributed by atoms with E-state index in [0.29, 0.717) is 12.4 Å². The SMILES string of the molecule is CCCCCCOc1cccc2c1C(O)C(O)=C(O)[NH+]2O. The first-order chi connectivity index (χ1) is 10.1. The molecule has 6 nitrogen and oxygen atoms in total. The number of hydrogen-bond acceptors (Lipinski definition) is 5. The zero-order valence-corrected chi connectivity index (χ0v) is 12.0. The Kier molecular flexibility index (Phi) is 5.06. The highest BCUT2D eigenvalue weighted by molar-refractivity contribution is 5.54. The van der Waals surface area contributed by atoms with Gasteiger partial charge in [0.05, 0.1) is 12.2 Å². The molecule has 1 aromatic carbocycles. The van der Waals surface area contributed by atoms with E-state index in [0.717, 1.165) is 25.7 Å². The summed E-state index contributed by atoms with van der Waals surface area (Å²) in [7, 11) is 0. The monoisotopic (exact) mass is 296 g/mol. The second-order valence-electron chi connectivity index (χ2n) is 5.11. The molecule has 116 valence electrons. The van der Waals surface area contributed by atoms with E-state index in [1.165, 1.54) is 0 Å². The standard InChI is InChI=1S/C15H21NO5/c1-2-3-4-5-9-21-11-8-6-7-10-12(11)13(17)14(18)15(19)16(10)20/h6-8,13,17-20H,2-5,9H2,1H3/p+1. The van der Waals surface area contributed by atoms with Crippen molar-refractivity contribution < 1.29 is 30.3 Å². The Morgan fingerprint density at radius 1 is 1.19 bits per heavy atom. The predicted molar refractivity (Wildman–Crippen MR) is 75.7 cm³/mol. The summed E-state index contributed by atoms with van der Waals surface area (Å²) in [5.41, 5.74) is 0.546. The van der Waals surface area contributed by atoms with Gasteiger partial charge in [-0.05, 0) is 12.5 Å². The molecule has 1 heterocycles. The van der Waals surface area contributed by atoms with Crippen molar-refractivity contribution in [2.75, 3.05) is 6.61 Å². The fourth-order valence-corrected chi connectivity index (χ4v) is 2.38. The zero-order chi connectivity index (χ0) is 15.4. The van der Waals surface area contributed by atoms with Gasteiger partial charge in [0.2, 0.25) is 5.76 Å². The molecule has 1 aromatic rings. The molecule has 0 aliphatic carbocycles. The number of hydroxylamine groups is 1. The van der Waals surface area contributed by atoms with E-state index in [4.69, 9.17) is 4.74 Å². The summed E-state index contributed by atoms with van der Waals surface area (Å²) >= 11 is 0. The molecule has 0 spiro atoms. The third-order valence-electron chi connectivity index (χ3n) is 3.58. The lowest BCUT2D eigenvalue weighted by atomic mass is 10.0. The molecule has 0 aromatic heterocycles. The molecule has 6 heteroatoms. The highest BCUT2D eigenvalue weighted by atomic mass is 16.5. The van der Waals surface area contributed by atoms with Crippen LogP contribution in [0.1, 0.15) is 44.3 Å². The Balaban J connectivity index is 2.17. The molecule has 2 rings (SSSR count). The lowest BCUT2D eigenvalue weighted by Crippen LogP contribution is -3.04. The van der Waals surface area contributed by atoms with Crippen LogP contribution in [0.25, 0.3) is 0 Å². The van der Waals surface area contributed by atoms with Crippen LogP contribution in [-0.2, 0) is 0 Å². The Hall–Kier alpha value is -1.76. The van der Waals surface area contributed by atoms with Crippen LogP contribution in [-0.4, -0.2) is 27.1 Å². The maximum absolute atomic E-state index is 10.1. The van der Waals surface area contributed by atoms with E-state index in [9.17, 15) is 20.5 Å². The number of hydrogen-bond donors (Lipinski definition) is 5. The summed E-state index contributed by atoms with van der Waals surface area (Å²) in [5, 5.41) is 38.7. The van der Waals surface area contributed by atoms with Crippen molar-refractivity contribution in [2.45, 2.75) is 38.7 Å². The fourth-order valence-electron chi connectivity index (χ4n) is 2.38. The smallest absolute Gasteiger partial charge is 0.367 e. The molecule has 5 N–H and O–H groups in total. The van der Waals surface area contributed by atoms with E-state index < -0.39 is 22.8 Å². The maximum Gasteiger partial charge on any atom is 0.367 e. The number of unbranched alkanes of at least 4 members (excludes halogenated alkanes) is 3. The van der Waals surface area contributed by atoms with Crippen molar-refractivity contribution in [3.8, 4) is 5.75 Å². The van der Waals surface area contributed by atoms with Gasteiger partial charge >= 0.3 is 5.88 Å². The third-order valence-corrected chi connectivity index (χ3v) is 3.58. The van der Waals surface area contributed by atoms with Crippen molar-refractivity contribution >= 4 is 5.69 Å². The molecule has 1 aliphatic heterocycles. The number of rotatable bonds is 6. The molecule has 0 fully saturated rings. The van der Waals surface area contributed by atoms with Crippen LogP contribution < -0.4 is 9.80 Å². The molecule has 0 saturated carbocycles. The van der Waals surface area contributed by atoms with Gasteiger partial charge in [-0.25, -0.2) is 5.21 Å².